The normalized spacial score (nSPS) is 12.5. The summed E-state index contributed by atoms with van der Waals surface area (Å²) in [5.41, 5.74) is 0. The maximum Gasteiger partial charge on any atom is 1.00 e. The molecule has 0 bridgehead atoms. The van der Waals surface area contributed by atoms with Crippen molar-refractivity contribution in [2.75, 3.05) is 0 Å². The fraction of sp³-hybridized carbons (Fsp3) is 0.929. The maximum absolute atomic E-state index is 11.4. The fourth-order valence-electron chi connectivity index (χ4n) is 1.97. The number of hydrogen-bond donors (Lipinski definition) is 1. The maximum atomic E-state index is 11.4. The van der Waals surface area contributed by atoms with Crippen molar-refractivity contribution in [2.45, 2.75) is 83.4 Å². The molecule has 0 aliphatic rings. The van der Waals surface area contributed by atoms with Crippen LogP contribution in [0.1, 0.15) is 78.1 Å². The summed E-state index contributed by atoms with van der Waals surface area (Å²) in [7, 11) is -4.43. The van der Waals surface area contributed by atoms with Crippen LogP contribution in [-0.2, 0) is 14.9 Å². The topological polar surface area (TPSA) is 86.3 Å². The smallest absolute Gasteiger partial charge is 0.746 e. The Labute approximate surface area is 151 Å². The minimum atomic E-state index is -4.43. The van der Waals surface area contributed by atoms with Crippen molar-refractivity contribution in [1.82, 2.24) is 5.32 Å². The molecule has 0 radical (unpaired) electrons. The van der Waals surface area contributed by atoms with E-state index in [2.05, 4.69) is 12.2 Å². The van der Waals surface area contributed by atoms with Gasteiger partial charge < -0.3 is 9.87 Å². The van der Waals surface area contributed by atoms with Crippen LogP contribution in [0.25, 0.3) is 0 Å². The Morgan fingerprint density at radius 3 is 1.86 bits per heavy atom. The standard InChI is InChI=1S/C14H29NO4S.Na/c1-3-4-5-6-7-8-9-10-11-12-14(16)15-13(2)20(17,18)19;/h13H,3-12H2,1-2H3,(H,15,16)(H,17,18,19);/q;+1/p-1. The summed E-state index contributed by atoms with van der Waals surface area (Å²) in [6, 6.07) is 0. The van der Waals surface area contributed by atoms with E-state index in [0.29, 0.717) is 0 Å². The van der Waals surface area contributed by atoms with E-state index in [-0.39, 0.29) is 41.9 Å². The Morgan fingerprint density at radius 1 is 1.00 bits per heavy atom. The van der Waals surface area contributed by atoms with Crippen molar-refractivity contribution in [2.24, 2.45) is 0 Å². The van der Waals surface area contributed by atoms with Crippen molar-refractivity contribution in [1.29, 1.82) is 0 Å². The monoisotopic (exact) mass is 329 g/mol. The van der Waals surface area contributed by atoms with Gasteiger partial charge >= 0.3 is 29.6 Å². The predicted molar refractivity (Wildman–Crippen MR) is 79.1 cm³/mol. The quantitative estimate of drug-likeness (QED) is 0.308. The summed E-state index contributed by atoms with van der Waals surface area (Å²) in [6.45, 7) is 3.39. The minimum absolute atomic E-state index is 0. The number of carbonyl (C=O) groups is 1. The van der Waals surface area contributed by atoms with Crippen LogP contribution in [0.2, 0.25) is 0 Å². The van der Waals surface area contributed by atoms with Crippen LogP contribution >= 0.6 is 0 Å². The van der Waals surface area contributed by atoms with Gasteiger partial charge in [0.1, 0.15) is 15.5 Å². The molecule has 0 saturated carbocycles. The molecule has 0 saturated heterocycles. The minimum Gasteiger partial charge on any atom is -0.746 e. The molecule has 1 atom stereocenters. The summed E-state index contributed by atoms with van der Waals surface area (Å²) < 4.78 is 31.9. The Kier molecular flexibility index (Phi) is 15.8. The third-order valence-corrected chi connectivity index (χ3v) is 4.29. The van der Waals surface area contributed by atoms with Crippen molar-refractivity contribution in [3.8, 4) is 0 Å². The van der Waals surface area contributed by atoms with Gasteiger partial charge in [0, 0.05) is 6.42 Å². The molecule has 7 heteroatoms. The number of carbonyl (C=O) groups excluding carboxylic acids is 1. The molecule has 0 aromatic carbocycles. The van der Waals surface area contributed by atoms with Crippen LogP contribution in [0.4, 0.5) is 0 Å². The van der Waals surface area contributed by atoms with Gasteiger partial charge in [-0.2, -0.15) is 0 Å². The second-order valence-corrected chi connectivity index (χ2v) is 6.97. The van der Waals surface area contributed by atoms with E-state index >= 15 is 0 Å². The molecule has 0 aliphatic heterocycles. The zero-order valence-corrected chi connectivity index (χ0v) is 16.5. The summed E-state index contributed by atoms with van der Waals surface area (Å²) in [6.07, 6.45) is 10.7. The van der Waals surface area contributed by atoms with E-state index in [9.17, 15) is 17.8 Å². The average Bonchev–Trinajstić information content (AvgIpc) is 2.35. The molecular weight excluding hydrogens is 301 g/mol. The number of unbranched alkanes of at least 4 members (excludes halogenated alkanes) is 8. The number of amides is 1. The first-order valence-corrected chi connectivity index (χ1v) is 9.09. The molecule has 1 unspecified atom stereocenters. The molecule has 1 amide bonds. The molecule has 5 nitrogen and oxygen atoms in total. The number of rotatable bonds is 12. The third kappa shape index (κ3) is 15.1. The van der Waals surface area contributed by atoms with Gasteiger partial charge in [-0.15, -0.1) is 0 Å². The van der Waals surface area contributed by atoms with Crippen molar-refractivity contribution in [3.63, 3.8) is 0 Å². The van der Waals surface area contributed by atoms with Crippen LogP contribution in [0.5, 0.6) is 0 Å². The van der Waals surface area contributed by atoms with Crippen LogP contribution < -0.4 is 34.9 Å². The molecule has 0 aromatic heterocycles. The first-order chi connectivity index (χ1) is 9.38. The van der Waals surface area contributed by atoms with Gasteiger partial charge in [-0.1, -0.05) is 58.3 Å². The molecule has 0 aromatic rings. The summed E-state index contributed by atoms with van der Waals surface area (Å²) >= 11 is 0. The number of hydrogen-bond acceptors (Lipinski definition) is 4. The van der Waals surface area contributed by atoms with Gasteiger partial charge in [-0.3, -0.25) is 4.79 Å². The van der Waals surface area contributed by atoms with Gasteiger partial charge in [0.05, 0.1) is 0 Å². The van der Waals surface area contributed by atoms with Gasteiger partial charge in [0.25, 0.3) is 0 Å². The molecule has 0 rings (SSSR count). The van der Waals surface area contributed by atoms with Crippen LogP contribution in [0.3, 0.4) is 0 Å². The van der Waals surface area contributed by atoms with E-state index in [1.807, 2.05) is 0 Å². The van der Waals surface area contributed by atoms with Crippen LogP contribution in [-0.4, -0.2) is 24.3 Å². The predicted octanol–water partition coefficient (Wildman–Crippen LogP) is -0.0813. The van der Waals surface area contributed by atoms with Gasteiger partial charge in [-0.05, 0) is 13.3 Å². The average molecular weight is 329 g/mol. The Balaban J connectivity index is 0. The SMILES string of the molecule is CCCCCCCCCCCC(=O)NC(C)S(=O)(=O)[O-].[Na+]. The molecular formula is C14H28NNaO4S. The second kappa shape index (κ2) is 14.0. The number of nitrogens with one attached hydrogen (secondary N) is 1. The Hall–Kier alpha value is 0.380. The summed E-state index contributed by atoms with van der Waals surface area (Å²) in [4.78, 5) is 11.4. The molecule has 21 heavy (non-hydrogen) atoms. The largest absolute Gasteiger partial charge is 1.00 e. The summed E-state index contributed by atoms with van der Waals surface area (Å²) in [5.74, 6) is -0.361. The van der Waals surface area contributed by atoms with Gasteiger partial charge in [0.2, 0.25) is 5.91 Å². The van der Waals surface area contributed by atoms with E-state index in [0.717, 1.165) is 19.3 Å². The summed E-state index contributed by atoms with van der Waals surface area (Å²) in [5, 5.41) is 0.866. The van der Waals surface area contributed by atoms with Crippen molar-refractivity contribution >= 4 is 16.0 Å². The van der Waals surface area contributed by atoms with E-state index in [1.165, 1.54) is 45.4 Å². The van der Waals surface area contributed by atoms with Gasteiger partial charge in [-0.25, -0.2) is 8.42 Å². The molecule has 0 aliphatic carbocycles. The fourth-order valence-corrected chi connectivity index (χ4v) is 2.24. The zero-order chi connectivity index (χ0) is 15.4. The van der Waals surface area contributed by atoms with Crippen molar-refractivity contribution < 1.29 is 47.3 Å². The van der Waals surface area contributed by atoms with E-state index in [1.54, 1.807) is 0 Å². The van der Waals surface area contributed by atoms with Crippen molar-refractivity contribution in [3.05, 3.63) is 0 Å². The third-order valence-electron chi connectivity index (χ3n) is 3.30. The Morgan fingerprint density at radius 2 is 1.43 bits per heavy atom. The molecule has 0 fully saturated rings. The van der Waals surface area contributed by atoms with Crippen LogP contribution in [0, 0.1) is 0 Å². The molecule has 120 valence electrons. The molecule has 0 spiro atoms. The first kappa shape index (κ1) is 23.6. The molecule has 1 N–H and O–H groups in total. The van der Waals surface area contributed by atoms with Gasteiger partial charge in [0.15, 0.2) is 0 Å². The zero-order valence-electron chi connectivity index (χ0n) is 13.7. The van der Waals surface area contributed by atoms with E-state index in [4.69, 9.17) is 0 Å². The molecule has 0 heterocycles. The Bertz CT molecular complexity index is 360. The van der Waals surface area contributed by atoms with Crippen LogP contribution in [0.15, 0.2) is 0 Å². The van der Waals surface area contributed by atoms with E-state index < -0.39 is 15.5 Å². The first-order valence-electron chi connectivity index (χ1n) is 7.62. The second-order valence-electron chi connectivity index (χ2n) is 5.28.